The van der Waals surface area contributed by atoms with Crippen molar-refractivity contribution in [1.82, 2.24) is 9.80 Å². The summed E-state index contributed by atoms with van der Waals surface area (Å²) >= 11 is 22.1. The van der Waals surface area contributed by atoms with Crippen molar-refractivity contribution < 1.29 is 28.7 Å². The van der Waals surface area contributed by atoms with E-state index in [1.807, 2.05) is 45.3 Å². The standard InChI is InChI=1S/C59H87NO3S5.C31H40OS4.C26H41Br2NO2S.6CH3.2Sn/c1-7-11-15-19-21-22-24-27-33-45(32-26-23-20-16-12-8-2)42-60-58(61)51-44(6)65-57(52(51)59(60)62)50-39-38-49(66-50)54-47(35-29-25-31-41-63-40-30-18-14-10-4)56-55(68-54)46(34-28-17-13-9-3)53(67-56)48-37-36-43(5)64-48;1-3-5-7-10-16-24-28(26-18-14-22-33-26)35-31-25(29(36-30(24)31)27-19-15-23-34-27)17-11-9-13-21-32-20-12-8-6-4-2;1-3-5-7-9-11-12-14-16-18-20(17-15-13-10-8-6-4-2)19-29-25(30)21-22(26(29)31)24(28)32-23(21)27;;;;;;;;/h36-39,45H,7-35,40-42H2,1-6H3;14-15,18-19H,3-13,16-17,20-21H2,1-2H3;20H,3-19H2,1-2H3;6*1H3;;. The molecule has 0 spiro atoms. The molecule has 2 unspecified atom stereocenters. The van der Waals surface area contributed by atoms with Crippen LogP contribution in [0.4, 0.5) is 0 Å². The first-order chi connectivity index (χ1) is 69.8. The minimum absolute atomic E-state index is 0.0588. The third-order valence-corrected chi connectivity index (χ3v) is 62.5. The average Bonchev–Trinajstić information content (AvgIpc) is 1.62. The van der Waals surface area contributed by atoms with E-state index in [2.05, 4.69) is 225 Å². The van der Waals surface area contributed by atoms with Gasteiger partial charge in [-0.2, -0.15) is 0 Å². The van der Waals surface area contributed by atoms with Crippen molar-refractivity contribution in [1.29, 1.82) is 0 Å². The Morgan fingerprint density at radius 3 is 0.812 bits per heavy atom. The average molecular weight is 2490 g/mol. The normalized spacial score (nSPS) is 13.3. The Kier molecular flexibility index (Phi) is 58.5. The van der Waals surface area contributed by atoms with Gasteiger partial charge in [0.15, 0.2) is 0 Å². The van der Waals surface area contributed by atoms with Gasteiger partial charge in [-0.25, -0.2) is 0 Å². The summed E-state index contributed by atoms with van der Waals surface area (Å²) in [4.78, 5) is 89.7. The second kappa shape index (κ2) is 67.9. The van der Waals surface area contributed by atoms with E-state index in [0.717, 1.165) is 100.0 Å². The van der Waals surface area contributed by atoms with Gasteiger partial charge in [-0.1, -0.05) is 292 Å². The van der Waals surface area contributed by atoms with Crippen molar-refractivity contribution in [2.24, 2.45) is 11.8 Å². The van der Waals surface area contributed by atoms with Gasteiger partial charge in [-0.15, -0.1) is 68.0 Å². The molecule has 0 radical (unpaired) electrons. The fourth-order valence-electron chi connectivity index (χ4n) is 20.6. The van der Waals surface area contributed by atoms with Gasteiger partial charge < -0.3 is 4.74 Å². The van der Waals surface area contributed by atoms with Crippen LogP contribution in [0.25, 0.3) is 67.6 Å². The number of thiophene rings is 10. The van der Waals surface area contributed by atoms with Gasteiger partial charge in [0.25, 0.3) is 23.6 Å². The number of unbranched alkanes of at least 4 members (excludes halogenated alkanes) is 40. The summed E-state index contributed by atoms with van der Waals surface area (Å²) in [6, 6.07) is 19.1. The number of carbonyl (C=O) groups excluding carboxylic acids is 4. The number of rotatable bonds is 75. The fraction of sp³-hybridized carbons (Fsp3) is 0.672. The molecular formula is C122H186Br2N2O6S10Sn2. The molecule has 22 heteroatoms. The molecule has 0 fully saturated rings. The van der Waals surface area contributed by atoms with Gasteiger partial charge in [0, 0.05) is 69.8 Å². The van der Waals surface area contributed by atoms with Gasteiger partial charge in [0.1, 0.15) is 0 Å². The number of halogens is 2. The summed E-state index contributed by atoms with van der Waals surface area (Å²) in [6.07, 6.45) is 73.0. The molecule has 0 saturated heterocycles. The number of imide groups is 2. The molecule has 2 aliphatic heterocycles. The number of amides is 4. The van der Waals surface area contributed by atoms with E-state index in [4.69, 9.17) is 9.47 Å². The SMILES string of the molecule is CCCCCCCCCCC(CCCCCCCC)CN1C(=O)c2c(Br)sc(Br)c2C1=O.CCCCCCCCCCC(CCCCCCCC)CN1C(=O)c2c(C)sc(-c3ccc(-c4sc5c(CCCCCC)c(-c6ccc(C)s6)sc5c4CCCCCOCCCCCC)s3)c2C1=O.CCCCCCOCCCCCc1c(-c2cc[c]([Sn]([CH3])([CH3])[CH3])s2)sc2c(CCCCCC)c(-c3cc[c]([Sn]([CH3])([CH3])[CH3])s3)sc12. The van der Waals surface area contributed by atoms with Crippen LogP contribution in [0, 0.1) is 25.7 Å². The zero-order valence-electron chi connectivity index (χ0n) is 92.2. The molecule has 2 aliphatic rings. The van der Waals surface area contributed by atoms with Gasteiger partial charge in [0.05, 0.1) is 34.7 Å². The van der Waals surface area contributed by atoms with E-state index in [-0.39, 0.29) is 23.6 Å². The van der Waals surface area contributed by atoms with Gasteiger partial charge in [0.2, 0.25) is 0 Å². The van der Waals surface area contributed by atoms with Crippen molar-refractivity contribution in [3.05, 3.63) is 110 Å². The monoisotopic (exact) mass is 2490 g/mol. The molecule has 8 nitrogen and oxygen atoms in total. The van der Waals surface area contributed by atoms with Crippen LogP contribution in [0.2, 0.25) is 29.6 Å². The zero-order valence-corrected chi connectivity index (χ0v) is 109. The molecule has 4 amide bonds. The minimum atomic E-state index is -2.10. The van der Waals surface area contributed by atoms with Crippen LogP contribution in [-0.2, 0) is 35.2 Å². The molecule has 0 saturated carbocycles. The maximum atomic E-state index is 14.6. The van der Waals surface area contributed by atoms with E-state index in [1.54, 1.807) is 57.9 Å². The molecule has 2 atom stereocenters. The molecule has 0 aromatic carbocycles. The van der Waals surface area contributed by atoms with Crippen LogP contribution < -0.4 is 5.79 Å². The summed E-state index contributed by atoms with van der Waals surface area (Å²) in [5.41, 5.74) is 8.83. The van der Waals surface area contributed by atoms with Crippen LogP contribution in [0.15, 0.2) is 56.1 Å². The number of ether oxygens (including phenoxy) is 2. The summed E-state index contributed by atoms with van der Waals surface area (Å²) in [6.45, 7) is 27.3. The van der Waals surface area contributed by atoms with Crippen LogP contribution in [0.5, 0.6) is 0 Å². The Morgan fingerprint density at radius 2 is 0.514 bits per heavy atom. The summed E-state index contributed by atoms with van der Waals surface area (Å²) in [5, 5.41) is 0. The van der Waals surface area contributed by atoms with E-state index in [9.17, 15) is 19.2 Å². The molecule has 802 valence electrons. The van der Waals surface area contributed by atoms with E-state index in [1.165, 1.54) is 386 Å². The Hall–Kier alpha value is -1.72. The first kappa shape index (κ1) is 124. The number of hydrogen-bond donors (Lipinski definition) is 0. The molecular weight excluding hydrogens is 2310 g/mol. The Bertz CT molecular complexity index is 5340. The summed E-state index contributed by atoms with van der Waals surface area (Å²) in [7, 11) is 0. The number of fused-ring (bicyclic) bond motifs is 4. The number of aryl methyl sites for hydroxylation is 6. The second-order valence-corrected chi connectivity index (χ2v) is 88.2. The second-order valence-electron chi connectivity index (χ2n) is 43.9. The maximum absolute atomic E-state index is 14.6. The molecule has 10 aromatic heterocycles. The zero-order chi connectivity index (χ0) is 103. The summed E-state index contributed by atoms with van der Waals surface area (Å²) < 4.78 is 23.2. The molecule has 144 heavy (non-hydrogen) atoms. The number of carbonyl (C=O) groups is 4. The quantitative estimate of drug-likeness (QED) is 0.0214. The van der Waals surface area contributed by atoms with Crippen molar-refractivity contribution >= 4 is 230 Å². The summed E-state index contributed by atoms with van der Waals surface area (Å²) in [5.74, 6) is 0.421. The Balaban J connectivity index is 0.000000240. The topological polar surface area (TPSA) is 93.2 Å². The molecule has 12 heterocycles. The van der Waals surface area contributed by atoms with Crippen LogP contribution >= 0.6 is 145 Å². The molecule has 0 aliphatic carbocycles. The fourth-order valence-corrected chi connectivity index (χ4v) is 46.0. The predicted molar refractivity (Wildman–Crippen MR) is 660 cm³/mol. The first-order valence-corrected chi connectivity index (χ1v) is 87.6. The third kappa shape index (κ3) is 38.4. The van der Waals surface area contributed by atoms with Gasteiger partial charge in [-0.05, 0) is 164 Å². The van der Waals surface area contributed by atoms with Crippen LogP contribution in [-0.4, -0.2) is 110 Å². The molecule has 0 N–H and O–H groups in total. The molecule has 0 bridgehead atoms. The van der Waals surface area contributed by atoms with Crippen LogP contribution in [0.3, 0.4) is 0 Å². The first-order valence-electron chi connectivity index (χ1n) is 57.9. The van der Waals surface area contributed by atoms with E-state index < -0.39 is 36.8 Å². The molecule has 12 rings (SSSR count). The van der Waals surface area contributed by atoms with E-state index in [0.29, 0.717) is 47.2 Å². The van der Waals surface area contributed by atoms with Crippen LogP contribution in [0.1, 0.15) is 476 Å². The van der Waals surface area contributed by atoms with Gasteiger partial charge >= 0.3 is 264 Å². The third-order valence-electron chi connectivity index (χ3n) is 29.3. The van der Waals surface area contributed by atoms with Crippen molar-refractivity contribution in [3.8, 4) is 48.8 Å². The number of nitrogens with zero attached hydrogens (tertiary/aromatic N) is 2. The Labute approximate surface area is 939 Å². The Morgan fingerprint density at radius 1 is 0.264 bits per heavy atom. The van der Waals surface area contributed by atoms with E-state index >= 15 is 0 Å². The van der Waals surface area contributed by atoms with Crippen molar-refractivity contribution in [2.75, 3.05) is 39.5 Å². The van der Waals surface area contributed by atoms with Gasteiger partial charge in [-0.3, -0.25) is 29.0 Å². The molecule has 10 aromatic rings. The number of hydrogen-bond acceptors (Lipinski definition) is 16. The van der Waals surface area contributed by atoms with Crippen molar-refractivity contribution in [2.45, 2.75) is 471 Å². The van der Waals surface area contributed by atoms with Crippen molar-refractivity contribution in [3.63, 3.8) is 0 Å². The predicted octanol–water partition coefficient (Wildman–Crippen LogP) is 43.4.